The molecule has 3 aromatic carbocycles. The Morgan fingerprint density at radius 1 is 1.09 bits per heavy atom. The second-order valence-electron chi connectivity index (χ2n) is 7.69. The van der Waals surface area contributed by atoms with E-state index in [-0.39, 0.29) is 24.1 Å². The lowest BCUT2D eigenvalue weighted by molar-refractivity contribution is -0.128. The van der Waals surface area contributed by atoms with Gasteiger partial charge in [-0.3, -0.25) is 14.5 Å². The molecule has 2 amide bonds. The van der Waals surface area contributed by atoms with Crippen LogP contribution in [-0.4, -0.2) is 40.8 Å². The average molecular weight is 478 g/mol. The number of hydrogen-bond donors (Lipinski definition) is 1. The minimum atomic E-state index is -0.582. The molecule has 1 N–H and O–H groups in total. The van der Waals surface area contributed by atoms with Gasteiger partial charge in [0, 0.05) is 24.7 Å². The van der Waals surface area contributed by atoms with Gasteiger partial charge in [0.15, 0.2) is 5.17 Å². The molecular weight excluding hydrogens is 453 g/mol. The average Bonchev–Trinajstić information content (AvgIpc) is 3.13. The van der Waals surface area contributed by atoms with Gasteiger partial charge in [-0.2, -0.15) is 0 Å². The minimum absolute atomic E-state index is 0.0154. The Hall–Kier alpha value is -3.65. The number of anilines is 1. The normalized spacial score (nSPS) is 16.6. The summed E-state index contributed by atoms with van der Waals surface area (Å²) in [5, 5.41) is 2.80. The van der Waals surface area contributed by atoms with Gasteiger partial charge in [-0.1, -0.05) is 48.2 Å². The summed E-state index contributed by atoms with van der Waals surface area (Å²) < 4.78 is 18.4. The fourth-order valence-electron chi connectivity index (χ4n) is 3.52. The summed E-state index contributed by atoms with van der Waals surface area (Å²) in [6.07, 6.45) is 0.560. The van der Waals surface area contributed by atoms with E-state index in [0.29, 0.717) is 29.6 Å². The molecule has 1 fully saturated rings. The molecule has 1 aliphatic heterocycles. The van der Waals surface area contributed by atoms with Gasteiger partial charge < -0.3 is 10.1 Å². The third-order valence-electron chi connectivity index (χ3n) is 5.26. The number of thioether (sulfide) groups is 1. The predicted octanol–water partition coefficient (Wildman–Crippen LogP) is 5.04. The predicted molar refractivity (Wildman–Crippen MR) is 133 cm³/mol. The van der Waals surface area contributed by atoms with Gasteiger partial charge in [0.2, 0.25) is 11.8 Å². The Morgan fingerprint density at radius 2 is 1.85 bits per heavy atom. The molecule has 0 aromatic heterocycles. The standard InChI is InChI=1S/C26H24FN3O3S/c1-33-22-9-5-8-21(16-22)28-24(31)17-23-25(32)30(15-14-18-10-12-19(27)13-11-18)26(34-23)29-20-6-3-2-4-7-20/h2-13,16,23H,14-15,17H2,1H3,(H,28,31)/t23-/m1/s1. The first kappa shape index (κ1) is 23.5. The molecule has 0 aliphatic carbocycles. The molecule has 1 atom stereocenters. The number of rotatable bonds is 8. The summed E-state index contributed by atoms with van der Waals surface area (Å²) in [6.45, 7) is 0.386. The topological polar surface area (TPSA) is 71.0 Å². The maximum atomic E-state index is 13.2. The number of amides is 2. The van der Waals surface area contributed by atoms with E-state index >= 15 is 0 Å². The highest BCUT2D eigenvalue weighted by Crippen LogP contribution is 2.32. The quantitative estimate of drug-likeness (QED) is 0.494. The van der Waals surface area contributed by atoms with Gasteiger partial charge in [-0.15, -0.1) is 0 Å². The van der Waals surface area contributed by atoms with Crippen LogP contribution < -0.4 is 10.1 Å². The molecule has 34 heavy (non-hydrogen) atoms. The molecule has 0 spiro atoms. The van der Waals surface area contributed by atoms with Crippen molar-refractivity contribution in [3.05, 3.63) is 90.2 Å². The zero-order valence-electron chi connectivity index (χ0n) is 18.6. The van der Waals surface area contributed by atoms with Crippen LogP contribution in [-0.2, 0) is 16.0 Å². The number of halogens is 1. The van der Waals surface area contributed by atoms with E-state index < -0.39 is 5.25 Å². The number of carbonyl (C=O) groups is 2. The third kappa shape index (κ3) is 6.02. The van der Waals surface area contributed by atoms with Crippen molar-refractivity contribution < 1.29 is 18.7 Å². The smallest absolute Gasteiger partial charge is 0.242 e. The molecule has 1 saturated heterocycles. The zero-order valence-corrected chi connectivity index (χ0v) is 19.4. The molecule has 0 unspecified atom stereocenters. The second kappa shape index (κ2) is 11.0. The Morgan fingerprint density at radius 3 is 2.59 bits per heavy atom. The fourth-order valence-corrected chi connectivity index (χ4v) is 4.70. The van der Waals surface area contributed by atoms with E-state index in [1.165, 1.54) is 23.9 Å². The van der Waals surface area contributed by atoms with Crippen LogP contribution in [0, 0.1) is 5.82 Å². The molecule has 3 aromatic rings. The number of ether oxygens (including phenoxy) is 1. The Kier molecular flexibility index (Phi) is 7.59. The minimum Gasteiger partial charge on any atom is -0.497 e. The molecule has 6 nitrogen and oxygen atoms in total. The van der Waals surface area contributed by atoms with Gasteiger partial charge in [-0.25, -0.2) is 9.38 Å². The summed E-state index contributed by atoms with van der Waals surface area (Å²) in [5.74, 6) is -0.0977. The Balaban J connectivity index is 1.48. The van der Waals surface area contributed by atoms with Crippen LogP contribution >= 0.6 is 11.8 Å². The van der Waals surface area contributed by atoms with Gasteiger partial charge >= 0.3 is 0 Å². The van der Waals surface area contributed by atoms with Crippen molar-refractivity contribution in [2.24, 2.45) is 4.99 Å². The van der Waals surface area contributed by atoms with Gasteiger partial charge in [-0.05, 0) is 48.4 Å². The number of para-hydroxylation sites is 1. The number of amidine groups is 1. The number of aliphatic imine (C=N–C) groups is 1. The third-order valence-corrected chi connectivity index (χ3v) is 6.44. The summed E-state index contributed by atoms with van der Waals surface area (Å²) >= 11 is 1.29. The lowest BCUT2D eigenvalue weighted by atomic mass is 10.1. The van der Waals surface area contributed by atoms with Crippen LogP contribution in [0.2, 0.25) is 0 Å². The number of carbonyl (C=O) groups excluding carboxylic acids is 2. The SMILES string of the molecule is COc1cccc(NC(=O)C[C@H]2SC(=Nc3ccccc3)N(CCc3ccc(F)cc3)C2=O)c1. The Bertz CT molecular complexity index is 1190. The molecular formula is C26H24FN3O3S. The number of methoxy groups -OCH3 is 1. The highest BCUT2D eigenvalue weighted by Gasteiger charge is 2.39. The van der Waals surface area contributed by atoms with E-state index in [2.05, 4.69) is 10.3 Å². The second-order valence-corrected chi connectivity index (χ2v) is 8.86. The van der Waals surface area contributed by atoms with Crippen molar-refractivity contribution in [1.29, 1.82) is 0 Å². The van der Waals surface area contributed by atoms with E-state index in [1.54, 1.807) is 48.4 Å². The fraction of sp³-hybridized carbons (Fsp3) is 0.192. The van der Waals surface area contributed by atoms with Crippen molar-refractivity contribution in [2.45, 2.75) is 18.1 Å². The van der Waals surface area contributed by atoms with Gasteiger partial charge in [0.1, 0.15) is 16.8 Å². The van der Waals surface area contributed by atoms with Crippen molar-refractivity contribution in [3.63, 3.8) is 0 Å². The molecule has 4 rings (SSSR count). The van der Waals surface area contributed by atoms with Crippen molar-refractivity contribution in [1.82, 2.24) is 4.90 Å². The monoisotopic (exact) mass is 477 g/mol. The molecule has 1 aliphatic rings. The van der Waals surface area contributed by atoms with Crippen molar-refractivity contribution >= 4 is 40.1 Å². The summed E-state index contributed by atoms with van der Waals surface area (Å²) in [4.78, 5) is 32.2. The lowest BCUT2D eigenvalue weighted by Crippen LogP contribution is -2.35. The van der Waals surface area contributed by atoms with E-state index in [0.717, 1.165) is 11.3 Å². The maximum absolute atomic E-state index is 13.2. The van der Waals surface area contributed by atoms with Gasteiger partial charge in [0.25, 0.3) is 0 Å². The van der Waals surface area contributed by atoms with Crippen LogP contribution in [0.1, 0.15) is 12.0 Å². The van der Waals surface area contributed by atoms with Crippen LogP contribution in [0.4, 0.5) is 15.8 Å². The van der Waals surface area contributed by atoms with Crippen LogP contribution in [0.15, 0.2) is 83.9 Å². The zero-order chi connectivity index (χ0) is 23.9. The molecule has 1 heterocycles. The van der Waals surface area contributed by atoms with Crippen LogP contribution in [0.3, 0.4) is 0 Å². The summed E-state index contributed by atoms with van der Waals surface area (Å²) in [6, 6.07) is 22.6. The Labute approximate surface area is 201 Å². The van der Waals surface area contributed by atoms with E-state index in [4.69, 9.17) is 4.74 Å². The van der Waals surface area contributed by atoms with Crippen molar-refractivity contribution in [3.8, 4) is 5.75 Å². The number of hydrogen-bond acceptors (Lipinski definition) is 5. The highest BCUT2D eigenvalue weighted by atomic mass is 32.2. The number of nitrogens with zero attached hydrogens (tertiary/aromatic N) is 2. The van der Waals surface area contributed by atoms with Gasteiger partial charge in [0.05, 0.1) is 12.8 Å². The van der Waals surface area contributed by atoms with E-state index in [1.807, 2.05) is 30.3 Å². The van der Waals surface area contributed by atoms with Crippen LogP contribution in [0.5, 0.6) is 5.75 Å². The largest absolute Gasteiger partial charge is 0.497 e. The maximum Gasteiger partial charge on any atom is 0.242 e. The summed E-state index contributed by atoms with van der Waals surface area (Å²) in [5.41, 5.74) is 2.25. The molecule has 8 heteroatoms. The first-order chi connectivity index (χ1) is 16.5. The van der Waals surface area contributed by atoms with Crippen LogP contribution in [0.25, 0.3) is 0 Å². The summed E-state index contributed by atoms with van der Waals surface area (Å²) in [7, 11) is 1.56. The first-order valence-corrected chi connectivity index (χ1v) is 11.7. The number of benzene rings is 3. The molecule has 0 saturated carbocycles. The number of nitrogens with one attached hydrogen (secondary N) is 1. The van der Waals surface area contributed by atoms with Crippen molar-refractivity contribution in [2.75, 3.05) is 19.0 Å². The lowest BCUT2D eigenvalue weighted by Gasteiger charge is -2.16. The molecule has 174 valence electrons. The first-order valence-electron chi connectivity index (χ1n) is 10.8. The van der Waals surface area contributed by atoms with E-state index in [9.17, 15) is 14.0 Å². The molecule has 0 bridgehead atoms. The highest BCUT2D eigenvalue weighted by molar-refractivity contribution is 8.15. The molecule has 0 radical (unpaired) electrons.